The van der Waals surface area contributed by atoms with Crippen LogP contribution in [0.1, 0.15) is 24.0 Å². The topological polar surface area (TPSA) is 122 Å². The molecule has 3 fully saturated rings. The van der Waals surface area contributed by atoms with Crippen molar-refractivity contribution in [3.63, 3.8) is 0 Å². The Hall–Kier alpha value is -3.79. The van der Waals surface area contributed by atoms with Crippen LogP contribution in [0.5, 0.6) is 5.75 Å². The normalized spacial score (nSPS) is 29.4. The maximum absolute atomic E-state index is 14.1. The third kappa shape index (κ3) is 2.35. The summed E-state index contributed by atoms with van der Waals surface area (Å²) in [5.74, 6) is -2.77. The molecule has 0 radical (unpaired) electrons. The van der Waals surface area contributed by atoms with Crippen LogP contribution in [-0.2, 0) is 19.9 Å². The van der Waals surface area contributed by atoms with Crippen molar-refractivity contribution in [2.75, 3.05) is 23.9 Å². The number of fused-ring (bicyclic) bond motifs is 7. The number of hydrogen-bond acceptors (Lipinski definition) is 7. The highest BCUT2D eigenvalue weighted by molar-refractivity contribution is 6.26. The lowest BCUT2D eigenvalue weighted by Gasteiger charge is -2.36. The molecule has 4 aliphatic rings. The summed E-state index contributed by atoms with van der Waals surface area (Å²) in [6.07, 6.45) is 1.50. The molecule has 3 saturated heterocycles. The van der Waals surface area contributed by atoms with Gasteiger partial charge in [-0.05, 0) is 38.4 Å². The number of non-ortho nitro benzene ring substituents is 1. The molecule has 1 N–H and O–H groups in total. The predicted molar refractivity (Wildman–Crippen MR) is 120 cm³/mol. The lowest BCUT2D eigenvalue weighted by atomic mass is 9.75. The van der Waals surface area contributed by atoms with Gasteiger partial charge in [-0.1, -0.05) is 17.7 Å². The summed E-state index contributed by atoms with van der Waals surface area (Å²) in [4.78, 5) is 55.4. The number of hydrogen-bond donors (Lipinski definition) is 1. The molecule has 4 atom stereocenters. The fraction of sp³-hybridized carbons (Fsp3) is 0.375. The van der Waals surface area contributed by atoms with Crippen LogP contribution in [0.4, 0.5) is 17.1 Å². The van der Waals surface area contributed by atoms with Gasteiger partial charge in [0.15, 0.2) is 0 Å². The summed E-state index contributed by atoms with van der Waals surface area (Å²) in [7, 11) is 1.38. The number of nitrogens with one attached hydrogen (secondary N) is 1. The molecule has 0 bridgehead atoms. The van der Waals surface area contributed by atoms with Crippen LogP contribution in [0, 0.1) is 28.9 Å². The van der Waals surface area contributed by atoms with E-state index in [0.29, 0.717) is 24.2 Å². The summed E-state index contributed by atoms with van der Waals surface area (Å²) in [6.45, 7) is 2.53. The van der Waals surface area contributed by atoms with Crippen LogP contribution < -0.4 is 15.0 Å². The van der Waals surface area contributed by atoms with Gasteiger partial charge < -0.3 is 10.1 Å². The summed E-state index contributed by atoms with van der Waals surface area (Å²) < 4.78 is 5.35. The van der Waals surface area contributed by atoms with Gasteiger partial charge in [0.1, 0.15) is 17.0 Å². The van der Waals surface area contributed by atoms with Crippen LogP contribution in [0.3, 0.4) is 0 Å². The second-order valence-electron chi connectivity index (χ2n) is 9.30. The Kier molecular flexibility index (Phi) is 4.20. The van der Waals surface area contributed by atoms with Crippen LogP contribution in [0.2, 0.25) is 0 Å². The lowest BCUT2D eigenvalue weighted by molar-refractivity contribution is -0.384. The Morgan fingerprint density at radius 1 is 1.15 bits per heavy atom. The highest BCUT2D eigenvalue weighted by atomic mass is 16.6. The van der Waals surface area contributed by atoms with E-state index < -0.39 is 34.1 Å². The zero-order valence-corrected chi connectivity index (χ0v) is 18.6. The van der Waals surface area contributed by atoms with Crippen molar-refractivity contribution >= 4 is 34.8 Å². The van der Waals surface area contributed by atoms with Crippen molar-refractivity contribution in [2.24, 2.45) is 11.8 Å². The summed E-state index contributed by atoms with van der Waals surface area (Å²) >= 11 is 0. The van der Waals surface area contributed by atoms with E-state index in [0.717, 1.165) is 16.9 Å². The highest BCUT2D eigenvalue weighted by Gasteiger charge is 2.74. The van der Waals surface area contributed by atoms with E-state index in [4.69, 9.17) is 4.74 Å². The van der Waals surface area contributed by atoms with Gasteiger partial charge >= 0.3 is 0 Å². The Labute approximate surface area is 194 Å². The molecule has 3 amide bonds. The molecule has 2 aromatic carbocycles. The van der Waals surface area contributed by atoms with Gasteiger partial charge in [-0.15, -0.1) is 0 Å². The van der Waals surface area contributed by atoms with Crippen molar-refractivity contribution in [3.05, 3.63) is 57.6 Å². The number of nitro benzene ring substituents is 1. The largest absolute Gasteiger partial charge is 0.495 e. The zero-order valence-electron chi connectivity index (χ0n) is 18.6. The van der Waals surface area contributed by atoms with E-state index in [1.54, 1.807) is 0 Å². The van der Waals surface area contributed by atoms with Crippen LogP contribution in [-0.4, -0.2) is 47.2 Å². The molecule has 4 heterocycles. The number of amides is 3. The zero-order chi connectivity index (χ0) is 23.9. The van der Waals surface area contributed by atoms with E-state index in [9.17, 15) is 24.5 Å². The number of nitrogens with zero attached hydrogens (tertiary/aromatic N) is 3. The number of methoxy groups -OCH3 is 1. The Morgan fingerprint density at radius 2 is 1.94 bits per heavy atom. The van der Waals surface area contributed by atoms with Crippen LogP contribution >= 0.6 is 0 Å². The summed E-state index contributed by atoms with van der Waals surface area (Å²) in [5.41, 5.74) is 0.791. The predicted octanol–water partition coefficient (Wildman–Crippen LogP) is 2.34. The third-order valence-electron chi connectivity index (χ3n) is 7.76. The first-order valence-electron chi connectivity index (χ1n) is 11.2. The highest BCUT2D eigenvalue weighted by Crippen LogP contribution is 2.61. The van der Waals surface area contributed by atoms with Crippen molar-refractivity contribution in [1.82, 2.24) is 4.90 Å². The molecule has 4 unspecified atom stereocenters. The minimum absolute atomic E-state index is 0.0312. The Morgan fingerprint density at radius 3 is 2.68 bits per heavy atom. The van der Waals surface area contributed by atoms with Crippen LogP contribution in [0.25, 0.3) is 0 Å². The summed E-state index contributed by atoms with van der Waals surface area (Å²) in [5, 5.41) is 14.4. The Balaban J connectivity index is 1.56. The number of imide groups is 1. The molecule has 1 spiro atoms. The third-order valence-corrected chi connectivity index (χ3v) is 7.76. The van der Waals surface area contributed by atoms with Crippen molar-refractivity contribution in [3.8, 4) is 5.75 Å². The number of anilines is 2. The molecule has 0 aromatic heterocycles. The first-order chi connectivity index (χ1) is 16.3. The fourth-order valence-corrected chi connectivity index (χ4v) is 6.52. The second-order valence-corrected chi connectivity index (χ2v) is 9.30. The summed E-state index contributed by atoms with van der Waals surface area (Å²) in [6, 6.07) is 9.19. The first-order valence-corrected chi connectivity index (χ1v) is 11.2. The molecule has 10 heteroatoms. The van der Waals surface area contributed by atoms with E-state index >= 15 is 0 Å². The molecule has 10 nitrogen and oxygen atoms in total. The van der Waals surface area contributed by atoms with E-state index in [1.807, 2.05) is 30.0 Å². The fourth-order valence-electron chi connectivity index (χ4n) is 6.52. The van der Waals surface area contributed by atoms with Crippen molar-refractivity contribution in [2.45, 2.75) is 31.3 Å². The minimum atomic E-state index is -1.29. The molecule has 4 aliphatic heterocycles. The SMILES string of the molecule is COc1ccc([N+](=O)[O-])cc1N1C(=O)C2C3CCCN3C3(C(=O)Nc4ccc(C)cc43)C2C1=O. The molecule has 34 heavy (non-hydrogen) atoms. The van der Waals surface area contributed by atoms with Gasteiger partial charge in [-0.3, -0.25) is 29.4 Å². The average Bonchev–Trinajstić information content (AvgIpc) is 3.52. The number of carbonyl (C=O) groups is 3. The standard InChI is InChI=1S/C24H22N4O6/c1-12-5-7-15-14(10-12)24(23(31)25-15)20-19(16-4-3-9-26(16)24)21(29)27(22(20)30)17-11-13(28(32)33)6-8-18(17)34-2/h5-8,10-11,16,19-20H,3-4,9H2,1-2H3,(H,25,31). The van der Waals surface area contributed by atoms with Gasteiger partial charge in [0, 0.05) is 29.4 Å². The number of rotatable bonds is 3. The van der Waals surface area contributed by atoms with E-state index in [1.165, 1.54) is 25.3 Å². The van der Waals surface area contributed by atoms with E-state index in [2.05, 4.69) is 5.32 Å². The maximum Gasteiger partial charge on any atom is 0.271 e. The van der Waals surface area contributed by atoms with E-state index in [-0.39, 0.29) is 29.1 Å². The molecule has 174 valence electrons. The molecule has 6 rings (SSSR count). The lowest BCUT2D eigenvalue weighted by Crippen LogP contribution is -2.54. The molecule has 0 aliphatic carbocycles. The Bertz CT molecular complexity index is 1310. The monoisotopic (exact) mass is 462 g/mol. The number of benzene rings is 2. The molecule has 2 aromatic rings. The maximum atomic E-state index is 14.1. The minimum Gasteiger partial charge on any atom is -0.495 e. The van der Waals surface area contributed by atoms with Gasteiger partial charge in [0.25, 0.3) is 5.69 Å². The van der Waals surface area contributed by atoms with Gasteiger partial charge in [-0.2, -0.15) is 0 Å². The quantitative estimate of drug-likeness (QED) is 0.422. The van der Waals surface area contributed by atoms with Crippen molar-refractivity contribution in [1.29, 1.82) is 0 Å². The molecular weight excluding hydrogens is 440 g/mol. The second kappa shape index (κ2) is 6.86. The van der Waals surface area contributed by atoms with Gasteiger partial charge in [0.05, 0.1) is 23.9 Å². The number of aryl methyl sites for hydroxylation is 1. The molecular formula is C24H22N4O6. The van der Waals surface area contributed by atoms with Gasteiger partial charge in [-0.25, -0.2) is 4.90 Å². The number of ether oxygens (including phenoxy) is 1. The van der Waals surface area contributed by atoms with Crippen molar-refractivity contribution < 1.29 is 24.0 Å². The van der Waals surface area contributed by atoms with Crippen LogP contribution in [0.15, 0.2) is 36.4 Å². The van der Waals surface area contributed by atoms with Gasteiger partial charge in [0.2, 0.25) is 17.7 Å². The number of nitro groups is 1. The average molecular weight is 462 g/mol. The first kappa shape index (κ1) is 20.8. The smallest absolute Gasteiger partial charge is 0.271 e. The molecule has 0 saturated carbocycles. The number of carbonyl (C=O) groups excluding carboxylic acids is 3.